The molecule has 0 atom stereocenters. The fourth-order valence-electron chi connectivity index (χ4n) is 1.83. The maximum absolute atomic E-state index is 11.7. The van der Waals surface area contributed by atoms with Crippen LogP contribution in [0.25, 0.3) is 10.1 Å². The second-order valence-electron chi connectivity index (χ2n) is 4.75. The van der Waals surface area contributed by atoms with Crippen molar-refractivity contribution in [2.45, 2.75) is 20.8 Å². The van der Waals surface area contributed by atoms with Crippen LogP contribution in [0.1, 0.15) is 30.4 Å². The molecule has 0 radical (unpaired) electrons. The summed E-state index contributed by atoms with van der Waals surface area (Å²) in [6.07, 6.45) is 2.14. The van der Waals surface area contributed by atoms with Gasteiger partial charge < -0.3 is 10.1 Å². The van der Waals surface area contributed by atoms with Gasteiger partial charge in [-0.3, -0.25) is 0 Å². The molecule has 0 saturated heterocycles. The van der Waals surface area contributed by atoms with E-state index >= 15 is 0 Å². The third-order valence-corrected chi connectivity index (χ3v) is 3.91. The average Bonchev–Trinajstić information content (AvgIpc) is 2.81. The van der Waals surface area contributed by atoms with Crippen LogP contribution in [-0.2, 0) is 4.74 Å². The predicted octanol–water partition coefficient (Wildman–Crippen LogP) is 4.46. The lowest BCUT2D eigenvalue weighted by atomic mass is 10.2. The van der Waals surface area contributed by atoms with Gasteiger partial charge in [-0.2, -0.15) is 0 Å². The van der Waals surface area contributed by atoms with Crippen molar-refractivity contribution in [3.8, 4) is 0 Å². The van der Waals surface area contributed by atoms with Crippen LogP contribution in [0, 0.1) is 0 Å². The number of hydrogen-bond donors (Lipinski definition) is 1. The number of carbonyl (C=O) groups excluding carboxylic acids is 1. The number of fused-ring (bicyclic) bond motifs is 1. The van der Waals surface area contributed by atoms with Crippen molar-refractivity contribution in [1.82, 2.24) is 0 Å². The summed E-state index contributed by atoms with van der Waals surface area (Å²) in [5.74, 6) is -0.243. The van der Waals surface area contributed by atoms with Gasteiger partial charge in [-0.05, 0) is 50.4 Å². The smallest absolute Gasteiger partial charge is 0.348 e. The Morgan fingerprint density at radius 2 is 2.15 bits per heavy atom. The zero-order valence-corrected chi connectivity index (χ0v) is 12.8. The SMILES string of the molecule is CCOC(=O)c1cc2cc(NCC=C(C)C)ccc2s1. The van der Waals surface area contributed by atoms with Crippen LogP contribution in [0.2, 0.25) is 0 Å². The lowest BCUT2D eigenvalue weighted by Crippen LogP contribution is -2.01. The van der Waals surface area contributed by atoms with Gasteiger partial charge in [0, 0.05) is 16.9 Å². The number of benzene rings is 1. The van der Waals surface area contributed by atoms with Crippen LogP contribution >= 0.6 is 11.3 Å². The fourth-order valence-corrected chi connectivity index (χ4v) is 2.77. The first-order valence-corrected chi connectivity index (χ1v) is 7.49. The van der Waals surface area contributed by atoms with E-state index in [0.717, 1.165) is 22.3 Å². The summed E-state index contributed by atoms with van der Waals surface area (Å²) in [5.41, 5.74) is 2.35. The molecule has 0 unspecified atom stereocenters. The van der Waals surface area contributed by atoms with E-state index in [0.29, 0.717) is 11.5 Å². The molecule has 1 N–H and O–H groups in total. The van der Waals surface area contributed by atoms with Gasteiger partial charge in [0.05, 0.1) is 6.61 Å². The Balaban J connectivity index is 2.17. The van der Waals surface area contributed by atoms with Gasteiger partial charge >= 0.3 is 5.97 Å². The Morgan fingerprint density at radius 1 is 1.35 bits per heavy atom. The van der Waals surface area contributed by atoms with Gasteiger partial charge in [0.15, 0.2) is 0 Å². The lowest BCUT2D eigenvalue weighted by Gasteiger charge is -2.03. The summed E-state index contributed by atoms with van der Waals surface area (Å²) < 4.78 is 6.13. The molecule has 2 rings (SSSR count). The monoisotopic (exact) mass is 289 g/mol. The number of carbonyl (C=O) groups is 1. The summed E-state index contributed by atoms with van der Waals surface area (Å²) in [4.78, 5) is 12.4. The molecule has 1 heterocycles. The molecule has 1 aromatic heterocycles. The molecule has 0 bridgehead atoms. The van der Waals surface area contributed by atoms with Gasteiger partial charge in [0.2, 0.25) is 0 Å². The summed E-state index contributed by atoms with van der Waals surface area (Å²) in [5, 5.41) is 4.41. The van der Waals surface area contributed by atoms with E-state index < -0.39 is 0 Å². The summed E-state index contributed by atoms with van der Waals surface area (Å²) >= 11 is 1.47. The Labute approximate surface area is 123 Å². The van der Waals surface area contributed by atoms with E-state index in [-0.39, 0.29) is 5.97 Å². The van der Waals surface area contributed by atoms with E-state index in [4.69, 9.17) is 4.74 Å². The van der Waals surface area contributed by atoms with Gasteiger partial charge in [-0.1, -0.05) is 11.6 Å². The first kappa shape index (κ1) is 14.6. The number of nitrogens with one attached hydrogen (secondary N) is 1. The van der Waals surface area contributed by atoms with Crippen molar-refractivity contribution in [3.63, 3.8) is 0 Å². The zero-order valence-electron chi connectivity index (χ0n) is 12.0. The highest BCUT2D eigenvalue weighted by Gasteiger charge is 2.11. The number of esters is 1. The molecule has 0 aliphatic heterocycles. The van der Waals surface area contributed by atoms with Gasteiger partial charge in [0.1, 0.15) is 4.88 Å². The Hall–Kier alpha value is -1.81. The molecule has 1 aromatic carbocycles. The standard InChI is InChI=1S/C16H19NO2S/c1-4-19-16(18)15-10-12-9-13(5-6-14(12)20-15)17-8-7-11(2)3/h5-7,9-10,17H,4,8H2,1-3H3. The molecule has 3 nitrogen and oxygen atoms in total. The number of ether oxygens (including phenoxy) is 1. The third-order valence-electron chi connectivity index (χ3n) is 2.81. The highest BCUT2D eigenvalue weighted by Crippen LogP contribution is 2.28. The zero-order chi connectivity index (χ0) is 14.5. The van der Waals surface area contributed by atoms with Crippen LogP contribution in [0.15, 0.2) is 35.9 Å². The van der Waals surface area contributed by atoms with Crippen LogP contribution < -0.4 is 5.32 Å². The van der Waals surface area contributed by atoms with Crippen molar-refractivity contribution in [2.75, 3.05) is 18.5 Å². The highest BCUT2D eigenvalue weighted by atomic mass is 32.1. The van der Waals surface area contributed by atoms with Crippen molar-refractivity contribution in [1.29, 1.82) is 0 Å². The second-order valence-corrected chi connectivity index (χ2v) is 5.83. The fraction of sp³-hybridized carbons (Fsp3) is 0.312. The number of allylic oxidation sites excluding steroid dienone is 1. The first-order valence-electron chi connectivity index (χ1n) is 6.68. The minimum Gasteiger partial charge on any atom is -0.462 e. The van der Waals surface area contributed by atoms with E-state index in [9.17, 15) is 4.79 Å². The third kappa shape index (κ3) is 3.61. The maximum atomic E-state index is 11.7. The Morgan fingerprint density at radius 3 is 2.85 bits per heavy atom. The van der Waals surface area contributed by atoms with E-state index in [1.165, 1.54) is 16.9 Å². The van der Waals surface area contributed by atoms with Gasteiger partial charge in [-0.15, -0.1) is 11.3 Å². The minimum atomic E-state index is -0.243. The van der Waals surface area contributed by atoms with Crippen molar-refractivity contribution in [3.05, 3.63) is 40.8 Å². The normalized spacial score (nSPS) is 10.3. The lowest BCUT2D eigenvalue weighted by molar-refractivity contribution is 0.0532. The molecule has 0 saturated carbocycles. The van der Waals surface area contributed by atoms with Crippen LogP contribution in [0.4, 0.5) is 5.69 Å². The molecule has 0 aliphatic carbocycles. The van der Waals surface area contributed by atoms with Gasteiger partial charge in [0.25, 0.3) is 0 Å². The largest absolute Gasteiger partial charge is 0.462 e. The van der Waals surface area contributed by atoms with Crippen LogP contribution in [-0.4, -0.2) is 19.1 Å². The quantitative estimate of drug-likeness (QED) is 0.652. The van der Waals surface area contributed by atoms with E-state index in [1.54, 1.807) is 0 Å². The number of thiophene rings is 1. The summed E-state index contributed by atoms with van der Waals surface area (Å²) in [6.45, 7) is 7.19. The predicted molar refractivity (Wildman–Crippen MR) is 85.7 cm³/mol. The van der Waals surface area contributed by atoms with Gasteiger partial charge in [-0.25, -0.2) is 4.79 Å². The maximum Gasteiger partial charge on any atom is 0.348 e. The van der Waals surface area contributed by atoms with Crippen molar-refractivity contribution < 1.29 is 9.53 Å². The van der Waals surface area contributed by atoms with E-state index in [1.807, 2.05) is 25.1 Å². The molecule has 4 heteroatoms. The average molecular weight is 289 g/mol. The number of rotatable bonds is 5. The Bertz CT molecular complexity index is 639. The summed E-state index contributed by atoms with van der Waals surface area (Å²) in [7, 11) is 0. The second kappa shape index (κ2) is 6.57. The first-order chi connectivity index (χ1) is 9.60. The molecule has 0 aliphatic rings. The molecule has 20 heavy (non-hydrogen) atoms. The van der Waals surface area contributed by atoms with Crippen LogP contribution in [0.3, 0.4) is 0 Å². The molecule has 0 fully saturated rings. The molecular formula is C16H19NO2S. The highest BCUT2D eigenvalue weighted by molar-refractivity contribution is 7.20. The topological polar surface area (TPSA) is 38.3 Å². The number of hydrogen-bond acceptors (Lipinski definition) is 4. The van der Waals surface area contributed by atoms with E-state index in [2.05, 4.69) is 31.3 Å². The molecule has 0 spiro atoms. The molecule has 0 amide bonds. The molecular weight excluding hydrogens is 270 g/mol. The summed E-state index contributed by atoms with van der Waals surface area (Å²) in [6, 6.07) is 8.03. The van der Waals surface area contributed by atoms with Crippen molar-refractivity contribution in [2.24, 2.45) is 0 Å². The molecule has 106 valence electrons. The number of anilines is 1. The molecule has 2 aromatic rings. The Kier molecular flexibility index (Phi) is 4.79. The minimum absolute atomic E-state index is 0.243. The van der Waals surface area contributed by atoms with Crippen LogP contribution in [0.5, 0.6) is 0 Å². The van der Waals surface area contributed by atoms with Crippen molar-refractivity contribution >= 4 is 33.1 Å².